The number of rotatable bonds is 4. The molecule has 1 aromatic heterocycles. The third-order valence-corrected chi connectivity index (χ3v) is 4.94. The van der Waals surface area contributed by atoms with Crippen LogP contribution in [0, 0.1) is 0 Å². The molecule has 1 saturated heterocycles. The van der Waals surface area contributed by atoms with Gasteiger partial charge in [-0.15, -0.1) is 5.10 Å². The number of piperidine rings is 1. The molecule has 0 aliphatic carbocycles. The van der Waals surface area contributed by atoms with Gasteiger partial charge in [-0.1, -0.05) is 17.3 Å². The van der Waals surface area contributed by atoms with Crippen molar-refractivity contribution in [3.05, 3.63) is 35.7 Å². The third kappa shape index (κ3) is 3.09. The Bertz CT molecular complexity index is 761. The van der Waals surface area contributed by atoms with Crippen molar-refractivity contribution in [1.29, 1.82) is 0 Å². The number of fused-ring (bicyclic) bond motifs is 1. The topological polar surface area (TPSA) is 72.6 Å². The van der Waals surface area contributed by atoms with Crippen LogP contribution in [0.3, 0.4) is 0 Å². The molecule has 134 valence electrons. The minimum absolute atomic E-state index is 0.230. The summed E-state index contributed by atoms with van der Waals surface area (Å²) in [6, 6.07) is 6.18. The first-order valence-electron chi connectivity index (χ1n) is 8.80. The molecule has 7 nitrogen and oxygen atoms in total. The van der Waals surface area contributed by atoms with E-state index in [1.165, 1.54) is 0 Å². The van der Waals surface area contributed by atoms with Gasteiger partial charge in [0.1, 0.15) is 11.3 Å². The summed E-state index contributed by atoms with van der Waals surface area (Å²) in [5, 5.41) is 19.5. The fourth-order valence-electron chi connectivity index (χ4n) is 3.57. The average Bonchev–Trinajstić information content (AvgIpc) is 3.25. The van der Waals surface area contributed by atoms with Crippen LogP contribution >= 0.6 is 0 Å². The van der Waals surface area contributed by atoms with E-state index < -0.39 is 5.60 Å². The first kappa shape index (κ1) is 16.4. The molecule has 25 heavy (non-hydrogen) atoms. The van der Waals surface area contributed by atoms with Gasteiger partial charge in [-0.25, -0.2) is 4.68 Å². The van der Waals surface area contributed by atoms with Crippen LogP contribution in [0.4, 0.5) is 0 Å². The number of hydrogen-bond acceptors (Lipinski definition) is 6. The van der Waals surface area contributed by atoms with Crippen molar-refractivity contribution in [3.8, 4) is 11.5 Å². The van der Waals surface area contributed by atoms with Crippen molar-refractivity contribution in [2.24, 2.45) is 0 Å². The van der Waals surface area contributed by atoms with Gasteiger partial charge in [0.05, 0.1) is 6.20 Å². The largest absolute Gasteiger partial charge is 0.454 e. The van der Waals surface area contributed by atoms with Gasteiger partial charge < -0.3 is 14.6 Å². The average molecular weight is 344 g/mol. The fraction of sp³-hybridized carbons (Fsp3) is 0.556. The number of β-amino-alcohol motifs (C(OH)–C–C–N with tert-alkyl or cyclic N) is 1. The second-order valence-electron chi connectivity index (χ2n) is 7.17. The Morgan fingerprint density at radius 3 is 3.00 bits per heavy atom. The van der Waals surface area contributed by atoms with E-state index in [2.05, 4.69) is 21.3 Å². The minimum Gasteiger partial charge on any atom is -0.454 e. The van der Waals surface area contributed by atoms with Crippen molar-refractivity contribution in [1.82, 2.24) is 19.9 Å². The molecule has 1 atom stereocenters. The number of aliphatic hydroxyl groups is 1. The van der Waals surface area contributed by atoms with E-state index in [0.29, 0.717) is 25.2 Å². The Balaban J connectivity index is 1.52. The Labute approximate surface area is 147 Å². The fourth-order valence-corrected chi connectivity index (χ4v) is 3.57. The molecule has 0 radical (unpaired) electrons. The van der Waals surface area contributed by atoms with E-state index in [-0.39, 0.29) is 12.8 Å². The highest BCUT2D eigenvalue weighted by atomic mass is 16.7. The predicted molar refractivity (Wildman–Crippen MR) is 91.4 cm³/mol. The highest BCUT2D eigenvalue weighted by Gasteiger charge is 2.38. The Morgan fingerprint density at radius 2 is 2.20 bits per heavy atom. The summed E-state index contributed by atoms with van der Waals surface area (Å²) in [5.41, 5.74) is 0.787. The molecule has 0 bridgehead atoms. The SMILES string of the molecule is CC(C)n1cc([C@@]2(O)CCCN(Cc3cccc4c3OCO4)C2)nn1. The predicted octanol–water partition coefficient (Wildman–Crippen LogP) is 2.07. The summed E-state index contributed by atoms with van der Waals surface area (Å²) >= 11 is 0. The van der Waals surface area contributed by atoms with Crippen LogP contribution in [-0.4, -0.2) is 44.9 Å². The lowest BCUT2D eigenvalue weighted by Gasteiger charge is -2.38. The van der Waals surface area contributed by atoms with Crippen LogP contribution in [0.15, 0.2) is 24.4 Å². The molecule has 3 heterocycles. The zero-order chi connectivity index (χ0) is 17.4. The lowest BCUT2D eigenvalue weighted by Crippen LogP contribution is -2.46. The third-order valence-electron chi connectivity index (χ3n) is 4.94. The van der Waals surface area contributed by atoms with E-state index >= 15 is 0 Å². The number of aromatic nitrogens is 3. The van der Waals surface area contributed by atoms with Crippen LogP contribution in [0.5, 0.6) is 11.5 Å². The van der Waals surface area contributed by atoms with Crippen LogP contribution in [0.1, 0.15) is 44.0 Å². The van der Waals surface area contributed by atoms with Gasteiger partial charge in [-0.2, -0.15) is 0 Å². The number of nitrogens with zero attached hydrogens (tertiary/aromatic N) is 4. The molecule has 0 amide bonds. The van der Waals surface area contributed by atoms with E-state index in [1.54, 1.807) is 4.68 Å². The second-order valence-corrected chi connectivity index (χ2v) is 7.17. The zero-order valence-electron chi connectivity index (χ0n) is 14.7. The maximum absolute atomic E-state index is 11.2. The monoisotopic (exact) mass is 344 g/mol. The summed E-state index contributed by atoms with van der Waals surface area (Å²) in [4.78, 5) is 2.25. The van der Waals surface area contributed by atoms with Crippen LogP contribution in [-0.2, 0) is 12.1 Å². The Hall–Kier alpha value is -2.12. The van der Waals surface area contributed by atoms with E-state index in [4.69, 9.17) is 9.47 Å². The molecular weight excluding hydrogens is 320 g/mol. The van der Waals surface area contributed by atoms with Crippen LogP contribution in [0.2, 0.25) is 0 Å². The highest BCUT2D eigenvalue weighted by Crippen LogP contribution is 2.37. The van der Waals surface area contributed by atoms with Crippen molar-refractivity contribution in [3.63, 3.8) is 0 Å². The molecule has 2 aliphatic heterocycles. The highest BCUT2D eigenvalue weighted by molar-refractivity contribution is 5.48. The lowest BCUT2D eigenvalue weighted by atomic mass is 9.89. The Kier molecular flexibility index (Phi) is 4.13. The first-order chi connectivity index (χ1) is 12.0. The zero-order valence-corrected chi connectivity index (χ0v) is 14.7. The summed E-state index contributed by atoms with van der Waals surface area (Å²) in [6.07, 6.45) is 3.48. The van der Waals surface area contributed by atoms with Crippen LogP contribution < -0.4 is 9.47 Å². The number of ether oxygens (including phenoxy) is 2. The molecule has 0 spiro atoms. The Morgan fingerprint density at radius 1 is 1.32 bits per heavy atom. The normalized spacial score (nSPS) is 23.4. The second kappa shape index (κ2) is 6.31. The molecule has 1 aromatic carbocycles. The summed E-state index contributed by atoms with van der Waals surface area (Å²) in [5.74, 6) is 1.62. The molecular formula is C18H24N4O3. The number of para-hydroxylation sites is 1. The molecule has 1 fully saturated rings. The summed E-state index contributed by atoms with van der Waals surface area (Å²) in [7, 11) is 0. The number of likely N-dealkylation sites (tertiary alicyclic amines) is 1. The summed E-state index contributed by atoms with van der Waals surface area (Å²) < 4.78 is 12.8. The smallest absolute Gasteiger partial charge is 0.231 e. The van der Waals surface area contributed by atoms with Gasteiger partial charge in [-0.3, -0.25) is 4.90 Å². The maximum Gasteiger partial charge on any atom is 0.231 e. The molecule has 1 N–H and O–H groups in total. The van der Waals surface area contributed by atoms with E-state index in [0.717, 1.165) is 30.0 Å². The quantitative estimate of drug-likeness (QED) is 0.915. The number of benzene rings is 1. The lowest BCUT2D eigenvalue weighted by molar-refractivity contribution is -0.0416. The molecule has 0 unspecified atom stereocenters. The van der Waals surface area contributed by atoms with Gasteiger partial charge in [-0.05, 0) is 39.3 Å². The van der Waals surface area contributed by atoms with Gasteiger partial charge in [0, 0.05) is 24.7 Å². The minimum atomic E-state index is -0.958. The molecule has 0 saturated carbocycles. The molecule has 2 aliphatic rings. The van der Waals surface area contributed by atoms with Gasteiger partial charge in [0.25, 0.3) is 0 Å². The van der Waals surface area contributed by atoms with E-state index in [9.17, 15) is 5.11 Å². The molecule has 7 heteroatoms. The first-order valence-corrected chi connectivity index (χ1v) is 8.80. The molecule has 2 aromatic rings. The van der Waals surface area contributed by atoms with Crippen LogP contribution in [0.25, 0.3) is 0 Å². The van der Waals surface area contributed by atoms with Crippen molar-refractivity contribution in [2.45, 2.75) is 44.9 Å². The van der Waals surface area contributed by atoms with E-state index in [1.807, 2.05) is 32.2 Å². The molecule has 4 rings (SSSR count). The number of hydrogen-bond donors (Lipinski definition) is 1. The van der Waals surface area contributed by atoms with Crippen molar-refractivity contribution >= 4 is 0 Å². The van der Waals surface area contributed by atoms with Gasteiger partial charge >= 0.3 is 0 Å². The maximum atomic E-state index is 11.2. The standard InChI is InChI=1S/C18H24N4O3/c1-13(2)22-10-16(19-20-22)18(23)7-4-8-21(11-18)9-14-5-3-6-15-17(14)25-12-24-15/h3,5-6,10,13,23H,4,7-9,11-12H2,1-2H3/t18-/m1/s1. The summed E-state index contributed by atoms with van der Waals surface area (Å²) in [6.45, 7) is 6.56. The van der Waals surface area contributed by atoms with Crippen molar-refractivity contribution in [2.75, 3.05) is 19.9 Å². The van der Waals surface area contributed by atoms with Gasteiger partial charge in [0.2, 0.25) is 6.79 Å². The van der Waals surface area contributed by atoms with Crippen molar-refractivity contribution < 1.29 is 14.6 Å². The van der Waals surface area contributed by atoms with Gasteiger partial charge in [0.15, 0.2) is 11.5 Å².